The monoisotopic (exact) mass is 377 g/mol. The van der Waals surface area contributed by atoms with Gasteiger partial charge >= 0.3 is 5.97 Å². The van der Waals surface area contributed by atoms with Gasteiger partial charge in [0.1, 0.15) is 0 Å². The molecule has 144 valence electrons. The Labute approximate surface area is 164 Å². The summed E-state index contributed by atoms with van der Waals surface area (Å²) in [6.45, 7) is 3.64. The van der Waals surface area contributed by atoms with E-state index in [1.807, 2.05) is 30.3 Å². The number of esters is 1. The second-order valence-electron chi connectivity index (χ2n) is 6.82. The number of carbonyl (C=O) groups excluding carboxylic acids is 2. The molecule has 0 unspecified atom stereocenters. The van der Waals surface area contributed by atoms with Gasteiger partial charge < -0.3 is 15.0 Å². The van der Waals surface area contributed by atoms with Gasteiger partial charge in [0, 0.05) is 24.5 Å². The minimum Gasteiger partial charge on any atom is -0.449 e. The van der Waals surface area contributed by atoms with Gasteiger partial charge in [-0.25, -0.2) is 4.79 Å². The van der Waals surface area contributed by atoms with Crippen LogP contribution >= 0.6 is 0 Å². The number of hydrogen-bond donors (Lipinski definition) is 1. The van der Waals surface area contributed by atoms with Crippen molar-refractivity contribution in [1.29, 1.82) is 5.26 Å². The Morgan fingerprint density at radius 3 is 2.50 bits per heavy atom. The van der Waals surface area contributed by atoms with Crippen LogP contribution in [0.2, 0.25) is 0 Å². The highest BCUT2D eigenvalue weighted by Crippen LogP contribution is 2.22. The number of ether oxygens (including phenoxy) is 1. The van der Waals surface area contributed by atoms with Crippen LogP contribution < -0.4 is 10.2 Å². The summed E-state index contributed by atoms with van der Waals surface area (Å²) in [7, 11) is 0. The summed E-state index contributed by atoms with van der Waals surface area (Å²) in [5, 5.41) is 11.7. The van der Waals surface area contributed by atoms with Gasteiger partial charge in [0.05, 0.1) is 17.2 Å². The molecule has 3 rings (SSSR count). The van der Waals surface area contributed by atoms with E-state index in [-0.39, 0.29) is 5.56 Å². The van der Waals surface area contributed by atoms with E-state index in [0.29, 0.717) is 11.3 Å². The predicted octanol–water partition coefficient (Wildman–Crippen LogP) is 3.73. The van der Waals surface area contributed by atoms with Crippen LogP contribution in [0.1, 0.15) is 42.1 Å². The highest BCUT2D eigenvalue weighted by molar-refractivity contribution is 5.97. The standard InChI is InChI=1S/C22H23N3O3/c1-16(28-22(27)18-7-5-6-17(14-18)15-23)21(26)24-19-8-10-20(11-9-19)25-12-3-2-4-13-25/h5-11,14,16H,2-4,12-13H2,1H3,(H,24,26)/t16-/m0/s1. The van der Waals surface area contributed by atoms with E-state index in [1.165, 1.54) is 32.3 Å². The molecule has 1 saturated heterocycles. The summed E-state index contributed by atoms with van der Waals surface area (Å²) in [4.78, 5) is 26.9. The topological polar surface area (TPSA) is 82.4 Å². The van der Waals surface area contributed by atoms with E-state index in [1.54, 1.807) is 18.2 Å². The highest BCUT2D eigenvalue weighted by atomic mass is 16.5. The number of nitrogens with one attached hydrogen (secondary N) is 1. The Balaban J connectivity index is 1.56. The third kappa shape index (κ3) is 4.89. The Morgan fingerprint density at radius 1 is 1.11 bits per heavy atom. The molecule has 1 amide bonds. The lowest BCUT2D eigenvalue weighted by Gasteiger charge is -2.28. The van der Waals surface area contributed by atoms with Gasteiger partial charge in [-0.15, -0.1) is 0 Å². The second kappa shape index (κ2) is 9.05. The molecule has 1 aliphatic rings. The Kier molecular flexibility index (Phi) is 6.28. The quantitative estimate of drug-likeness (QED) is 0.803. The first kappa shape index (κ1) is 19.4. The molecule has 0 spiro atoms. The minimum atomic E-state index is -0.958. The molecule has 0 aromatic heterocycles. The molecule has 0 radical (unpaired) electrons. The van der Waals surface area contributed by atoms with Crippen LogP contribution in [0.4, 0.5) is 11.4 Å². The molecular weight excluding hydrogens is 354 g/mol. The van der Waals surface area contributed by atoms with Crippen molar-refractivity contribution < 1.29 is 14.3 Å². The van der Waals surface area contributed by atoms with Gasteiger partial charge in [0.25, 0.3) is 5.91 Å². The largest absolute Gasteiger partial charge is 0.449 e. The van der Waals surface area contributed by atoms with Gasteiger partial charge in [-0.05, 0) is 68.7 Å². The summed E-state index contributed by atoms with van der Waals surface area (Å²) < 4.78 is 5.22. The first-order valence-electron chi connectivity index (χ1n) is 9.44. The normalized spacial score (nSPS) is 14.6. The zero-order valence-corrected chi connectivity index (χ0v) is 15.9. The van der Waals surface area contributed by atoms with Gasteiger partial charge in [-0.2, -0.15) is 5.26 Å². The average Bonchev–Trinajstić information content (AvgIpc) is 2.74. The SMILES string of the molecule is C[C@H](OC(=O)c1cccc(C#N)c1)C(=O)Nc1ccc(N2CCCCC2)cc1. The van der Waals surface area contributed by atoms with Crippen molar-refractivity contribution in [3.05, 3.63) is 59.7 Å². The van der Waals surface area contributed by atoms with Gasteiger partial charge in [0.2, 0.25) is 0 Å². The number of benzene rings is 2. The fourth-order valence-electron chi connectivity index (χ4n) is 3.15. The lowest BCUT2D eigenvalue weighted by atomic mass is 10.1. The minimum absolute atomic E-state index is 0.240. The maximum absolute atomic E-state index is 12.3. The molecule has 0 saturated carbocycles. The van der Waals surface area contributed by atoms with Crippen LogP contribution in [0.25, 0.3) is 0 Å². The molecule has 28 heavy (non-hydrogen) atoms. The van der Waals surface area contributed by atoms with E-state index in [0.717, 1.165) is 18.8 Å². The Hall–Kier alpha value is -3.33. The molecule has 0 bridgehead atoms. The zero-order valence-electron chi connectivity index (χ0n) is 15.9. The van der Waals surface area contributed by atoms with Gasteiger partial charge in [0.15, 0.2) is 6.10 Å². The van der Waals surface area contributed by atoms with E-state index < -0.39 is 18.0 Å². The zero-order chi connectivity index (χ0) is 19.9. The fraction of sp³-hybridized carbons (Fsp3) is 0.318. The lowest BCUT2D eigenvalue weighted by molar-refractivity contribution is -0.123. The molecule has 1 aliphatic heterocycles. The van der Waals surface area contributed by atoms with Crippen molar-refractivity contribution in [2.75, 3.05) is 23.3 Å². The molecular formula is C22H23N3O3. The van der Waals surface area contributed by atoms with Crippen molar-refractivity contribution in [1.82, 2.24) is 0 Å². The summed E-state index contributed by atoms with van der Waals surface area (Å²) >= 11 is 0. The molecule has 1 heterocycles. The maximum Gasteiger partial charge on any atom is 0.338 e. The molecule has 0 aliphatic carbocycles. The molecule has 6 nitrogen and oxygen atoms in total. The molecule has 2 aromatic carbocycles. The van der Waals surface area contributed by atoms with Crippen LogP contribution in [-0.2, 0) is 9.53 Å². The predicted molar refractivity (Wildman–Crippen MR) is 107 cm³/mol. The van der Waals surface area contributed by atoms with Crippen molar-refractivity contribution in [2.24, 2.45) is 0 Å². The third-order valence-electron chi connectivity index (χ3n) is 4.74. The molecule has 1 fully saturated rings. The first-order valence-corrected chi connectivity index (χ1v) is 9.44. The third-order valence-corrected chi connectivity index (χ3v) is 4.74. The van der Waals surface area contributed by atoms with Crippen LogP contribution in [0.5, 0.6) is 0 Å². The number of rotatable bonds is 5. The Morgan fingerprint density at radius 2 is 1.82 bits per heavy atom. The van der Waals surface area contributed by atoms with Crippen molar-refractivity contribution in [3.8, 4) is 6.07 Å². The fourth-order valence-corrected chi connectivity index (χ4v) is 3.15. The maximum atomic E-state index is 12.3. The number of nitriles is 1. The first-order chi connectivity index (χ1) is 13.6. The van der Waals surface area contributed by atoms with Crippen molar-refractivity contribution >= 4 is 23.3 Å². The van der Waals surface area contributed by atoms with Gasteiger partial charge in [-0.1, -0.05) is 6.07 Å². The number of nitrogens with zero attached hydrogens (tertiary/aromatic N) is 2. The number of hydrogen-bond acceptors (Lipinski definition) is 5. The molecule has 6 heteroatoms. The van der Waals surface area contributed by atoms with Crippen molar-refractivity contribution in [2.45, 2.75) is 32.3 Å². The molecule has 2 aromatic rings. The summed E-state index contributed by atoms with van der Waals surface area (Å²) in [6.07, 6.45) is 2.74. The summed E-state index contributed by atoms with van der Waals surface area (Å²) in [5.41, 5.74) is 2.40. The van der Waals surface area contributed by atoms with E-state index in [9.17, 15) is 9.59 Å². The average molecular weight is 377 g/mol. The summed E-state index contributed by atoms with van der Waals surface area (Å²) in [5.74, 6) is -1.05. The number of amides is 1. The molecule has 1 atom stereocenters. The Bertz CT molecular complexity index is 881. The van der Waals surface area contributed by atoms with Crippen molar-refractivity contribution in [3.63, 3.8) is 0 Å². The van der Waals surface area contributed by atoms with Crippen LogP contribution in [-0.4, -0.2) is 31.1 Å². The van der Waals surface area contributed by atoms with Crippen LogP contribution in [0.3, 0.4) is 0 Å². The molecule has 1 N–H and O–H groups in total. The highest BCUT2D eigenvalue weighted by Gasteiger charge is 2.19. The van der Waals surface area contributed by atoms with E-state index in [2.05, 4.69) is 10.2 Å². The van der Waals surface area contributed by atoms with E-state index >= 15 is 0 Å². The van der Waals surface area contributed by atoms with E-state index in [4.69, 9.17) is 10.00 Å². The summed E-state index contributed by atoms with van der Waals surface area (Å²) in [6, 6.07) is 15.8. The second-order valence-corrected chi connectivity index (χ2v) is 6.82. The number of anilines is 2. The van der Waals surface area contributed by atoms with Crippen LogP contribution in [0.15, 0.2) is 48.5 Å². The number of carbonyl (C=O) groups is 2. The smallest absolute Gasteiger partial charge is 0.338 e. The van der Waals surface area contributed by atoms with Crippen LogP contribution in [0, 0.1) is 11.3 Å². The lowest BCUT2D eigenvalue weighted by Crippen LogP contribution is -2.30. The number of piperidine rings is 1. The van der Waals surface area contributed by atoms with Gasteiger partial charge in [-0.3, -0.25) is 4.79 Å².